The molecular weight excluding hydrogens is 658 g/mol. The molecule has 0 saturated carbocycles. The molecular formula is C23H27F2N3O15P2. The summed E-state index contributed by atoms with van der Waals surface area (Å²) in [5, 5.41) is 13.6. The Morgan fingerprint density at radius 1 is 1.20 bits per heavy atom. The molecule has 2 aliphatic heterocycles. The summed E-state index contributed by atoms with van der Waals surface area (Å²) in [4.78, 5) is 83.9. The molecule has 4 rings (SSSR count). The number of carbonyl (C=O) groups excluding carboxylic acids is 3. The third-order valence-electron chi connectivity index (χ3n) is 6.37. The summed E-state index contributed by atoms with van der Waals surface area (Å²) in [5.74, 6) is -2.82. The summed E-state index contributed by atoms with van der Waals surface area (Å²) in [5.41, 5.74) is -3.33. The summed E-state index contributed by atoms with van der Waals surface area (Å²) in [7, 11) is -11.2. The number of amides is 2. The first-order chi connectivity index (χ1) is 21.0. The van der Waals surface area contributed by atoms with E-state index in [0.717, 1.165) is 21.9 Å². The average molecular weight is 685 g/mol. The fourth-order valence-electron chi connectivity index (χ4n) is 4.32. The van der Waals surface area contributed by atoms with Crippen molar-refractivity contribution >= 4 is 45.0 Å². The van der Waals surface area contributed by atoms with Crippen LogP contribution in [-0.4, -0.2) is 108 Å². The second-order valence-electron chi connectivity index (χ2n) is 9.64. The van der Waals surface area contributed by atoms with Crippen LogP contribution in [0.25, 0.3) is 5.57 Å². The number of hydrogen-bond donors (Lipinski definition) is 6. The van der Waals surface area contributed by atoms with Crippen molar-refractivity contribution in [2.45, 2.75) is 24.2 Å². The number of hydrogen-bond acceptors (Lipinski definition) is 14. The Morgan fingerprint density at radius 3 is 2.44 bits per heavy atom. The van der Waals surface area contributed by atoms with Gasteiger partial charge in [0, 0.05) is 6.07 Å². The quantitative estimate of drug-likeness (QED) is 0.138. The Bertz CT molecular complexity index is 1470. The van der Waals surface area contributed by atoms with E-state index >= 15 is 8.78 Å². The third-order valence-corrected chi connectivity index (χ3v) is 9.92. The molecule has 1 aromatic heterocycles. The molecule has 2 amide bonds. The molecule has 22 heteroatoms. The van der Waals surface area contributed by atoms with Crippen molar-refractivity contribution in [2.24, 2.45) is 0 Å². The molecule has 2 aromatic rings. The number of nitrogens with zero attached hydrogens (tertiary/aromatic N) is 3. The third kappa shape index (κ3) is 8.50. The first kappa shape index (κ1) is 34.1. The number of rotatable bonds is 11. The Balaban J connectivity index is 1.32. The van der Waals surface area contributed by atoms with Crippen molar-refractivity contribution in [3.8, 4) is 5.88 Å². The van der Waals surface area contributed by atoms with Gasteiger partial charge in [0.05, 0.1) is 12.2 Å². The number of aliphatic hydroxyl groups excluding tert-OH is 1. The van der Waals surface area contributed by atoms with Gasteiger partial charge in [-0.25, -0.2) is 13.6 Å². The molecule has 1 saturated heterocycles. The van der Waals surface area contributed by atoms with Crippen LogP contribution in [0.3, 0.4) is 0 Å². The zero-order valence-corrected chi connectivity index (χ0v) is 24.7. The number of aromatic nitrogens is 1. The number of benzene rings is 1. The predicted octanol–water partition coefficient (Wildman–Crippen LogP) is 0.420. The molecule has 3 atom stereocenters. The van der Waals surface area contributed by atoms with E-state index < -0.39 is 75.3 Å². The Kier molecular flexibility index (Phi) is 10.4. The van der Waals surface area contributed by atoms with E-state index in [9.17, 15) is 24.1 Å². The minimum atomic E-state index is -5.68. The van der Waals surface area contributed by atoms with Crippen molar-refractivity contribution in [1.29, 1.82) is 0 Å². The monoisotopic (exact) mass is 685 g/mol. The summed E-state index contributed by atoms with van der Waals surface area (Å²) in [6.07, 6.45) is -3.01. The van der Waals surface area contributed by atoms with Gasteiger partial charge in [0.2, 0.25) is 0 Å². The first-order valence-electron chi connectivity index (χ1n) is 12.8. The van der Waals surface area contributed by atoms with Crippen LogP contribution in [0, 0.1) is 11.6 Å². The van der Waals surface area contributed by atoms with Gasteiger partial charge < -0.3 is 14.0 Å². The maximum atomic E-state index is 15.1. The molecule has 1 aromatic carbocycles. The van der Waals surface area contributed by atoms with Crippen molar-refractivity contribution in [3.63, 3.8) is 0 Å². The molecule has 1 fully saturated rings. The van der Waals surface area contributed by atoms with Crippen LogP contribution in [-0.2, 0) is 23.6 Å². The van der Waals surface area contributed by atoms with E-state index in [0.29, 0.717) is 0 Å². The number of anilines is 1. The molecule has 1 unspecified atom stereocenters. The van der Waals surface area contributed by atoms with Gasteiger partial charge in [-0.15, -0.1) is 0 Å². The van der Waals surface area contributed by atoms with Gasteiger partial charge in [-0.3, -0.25) is 4.90 Å². The second-order valence-corrected chi connectivity index (χ2v) is 13.7. The van der Waals surface area contributed by atoms with E-state index in [1.165, 1.54) is 18.4 Å². The maximum absolute atomic E-state index is 15.1. The van der Waals surface area contributed by atoms with E-state index in [1.807, 2.05) is 0 Å². The molecule has 2 aliphatic rings. The van der Waals surface area contributed by atoms with Crippen LogP contribution in [0.1, 0.15) is 12.0 Å². The van der Waals surface area contributed by atoms with E-state index in [4.69, 9.17) is 33.9 Å². The molecule has 0 spiro atoms. The molecule has 0 bridgehead atoms. The molecule has 248 valence electrons. The Labute approximate surface area is 251 Å². The van der Waals surface area contributed by atoms with Gasteiger partial charge in [0.15, 0.2) is 6.10 Å². The molecule has 6 N–H and O–H groups in total. The molecule has 3 heterocycles. The topological polar surface area (TPSA) is 259 Å². The zero-order valence-electron chi connectivity index (χ0n) is 22.8. The first-order valence-corrected chi connectivity index (χ1v) is 16.4. The Morgan fingerprint density at radius 2 is 1.89 bits per heavy atom. The van der Waals surface area contributed by atoms with Gasteiger partial charge in [-0.1, -0.05) is 0 Å². The fraction of sp³-hybridized carbons (Fsp3) is 0.391. The standard InChI is InChI=1S/C23H27F2N3O15P2/c24-15-7-13(28-9-14(42-21(28)31)10-39-18-3-6-41-26-18)8-16(25)19(15)12-1-4-27(5-2-12)20(30)17(29)11-40-22(32)43-23(44(33,34)35)45(36,37)38/h1,3,6-8,14,17,23,29,33-35,44H,2,4-5,9-11H2,(H2,36,37,38)/t14-,17+,23?/m1/s1. The van der Waals surface area contributed by atoms with Crippen LogP contribution < -0.4 is 9.64 Å². The molecule has 45 heavy (non-hydrogen) atoms. The van der Waals surface area contributed by atoms with Gasteiger partial charge >= 0.3 is 147 Å². The number of cyclic esters (lactones) is 1. The molecule has 0 aliphatic carbocycles. The van der Waals surface area contributed by atoms with Gasteiger partial charge in [-0.05, 0) is 17.3 Å². The van der Waals surface area contributed by atoms with E-state index in [1.54, 1.807) is 0 Å². The summed E-state index contributed by atoms with van der Waals surface area (Å²) >= 11 is 0. The normalized spacial score (nSPS) is 19.0. The van der Waals surface area contributed by atoms with Crippen LogP contribution >= 0.6 is 15.5 Å². The summed E-state index contributed by atoms with van der Waals surface area (Å²) in [6.45, 7) is -1.59. The second kappa shape index (κ2) is 13.7. The van der Waals surface area contributed by atoms with Crippen LogP contribution in [0.4, 0.5) is 24.1 Å². The van der Waals surface area contributed by atoms with Gasteiger partial charge in [-0.2, -0.15) is 0 Å². The SMILES string of the molecule is O=C(OC[C@H](O)C(=O)N1CC=C(c2c(F)cc(N3C[C@H](COc4ccon4)OC3=O)cc2F)CC1)OC(P(=O)(O)O)[PH](O)(O)O. The Hall–Kier alpha value is -3.74. The van der Waals surface area contributed by atoms with E-state index in [2.05, 4.69) is 19.2 Å². The number of carbonyl (C=O) groups is 3. The zero-order chi connectivity index (χ0) is 33.1. The van der Waals surface area contributed by atoms with Crippen molar-refractivity contribution in [2.75, 3.05) is 37.7 Å². The van der Waals surface area contributed by atoms with Gasteiger partial charge in [0.25, 0.3) is 5.88 Å². The predicted molar refractivity (Wildman–Crippen MR) is 144 cm³/mol. The van der Waals surface area contributed by atoms with Crippen LogP contribution in [0.2, 0.25) is 0 Å². The number of aliphatic hydroxyl groups is 1. The van der Waals surface area contributed by atoms with Crippen molar-refractivity contribution in [3.05, 3.63) is 47.7 Å². The van der Waals surface area contributed by atoms with Crippen molar-refractivity contribution < 1.29 is 80.8 Å². The van der Waals surface area contributed by atoms with E-state index in [-0.39, 0.29) is 49.8 Å². The number of halogens is 2. The van der Waals surface area contributed by atoms with Crippen LogP contribution in [0.15, 0.2) is 35.1 Å². The molecule has 18 nitrogen and oxygen atoms in total. The summed E-state index contributed by atoms with van der Waals surface area (Å²) in [6, 6.07) is 3.35. The van der Waals surface area contributed by atoms with Crippen LogP contribution in [0.5, 0.6) is 5.88 Å². The van der Waals surface area contributed by atoms with Gasteiger partial charge in [0.1, 0.15) is 24.5 Å². The minimum absolute atomic E-state index is 0.0600. The number of ether oxygens (including phenoxy) is 4. The fourth-order valence-corrected chi connectivity index (χ4v) is 6.60. The van der Waals surface area contributed by atoms with Crippen molar-refractivity contribution in [1.82, 2.24) is 10.1 Å². The summed E-state index contributed by atoms with van der Waals surface area (Å²) < 4.78 is 65.0. The average Bonchev–Trinajstić information content (AvgIpc) is 3.61. The molecule has 0 radical (unpaired) electrons.